The van der Waals surface area contributed by atoms with Crippen LogP contribution >= 0.6 is 0 Å². The highest BCUT2D eigenvalue weighted by molar-refractivity contribution is 5.95. The number of nitrogens with one attached hydrogen (secondary N) is 1. The minimum atomic E-state index is -0.268. The lowest BCUT2D eigenvalue weighted by Gasteiger charge is -2.12. The summed E-state index contributed by atoms with van der Waals surface area (Å²) in [5, 5.41) is 16.6. The van der Waals surface area contributed by atoms with Crippen molar-refractivity contribution < 1.29 is 14.6 Å². The first-order valence-corrected chi connectivity index (χ1v) is 8.34. The second-order valence-corrected chi connectivity index (χ2v) is 6.31. The van der Waals surface area contributed by atoms with Gasteiger partial charge in [-0.05, 0) is 31.4 Å². The van der Waals surface area contributed by atoms with E-state index in [-0.39, 0.29) is 23.6 Å². The highest BCUT2D eigenvalue weighted by Gasteiger charge is 2.42. The van der Waals surface area contributed by atoms with Crippen LogP contribution < -0.4 is 10.1 Å². The summed E-state index contributed by atoms with van der Waals surface area (Å²) in [5.74, 6) is 0.211. The van der Waals surface area contributed by atoms with E-state index in [1.54, 1.807) is 10.9 Å². The van der Waals surface area contributed by atoms with E-state index >= 15 is 0 Å². The molecule has 128 valence electrons. The Morgan fingerprint density at radius 2 is 2.12 bits per heavy atom. The third-order valence-electron chi connectivity index (χ3n) is 4.29. The Morgan fingerprint density at radius 1 is 1.38 bits per heavy atom. The quantitative estimate of drug-likeness (QED) is 0.778. The van der Waals surface area contributed by atoms with E-state index in [1.165, 1.54) is 0 Å². The third kappa shape index (κ3) is 3.59. The number of ether oxygens (including phenoxy) is 1. The monoisotopic (exact) mass is 329 g/mol. The number of rotatable bonds is 8. The van der Waals surface area contributed by atoms with Crippen LogP contribution in [0.4, 0.5) is 0 Å². The minimum absolute atomic E-state index is 0.102. The first kappa shape index (κ1) is 16.5. The first-order chi connectivity index (χ1) is 11.7. The third-order valence-corrected chi connectivity index (χ3v) is 4.29. The smallest absolute Gasteiger partial charge is 0.275 e. The van der Waals surface area contributed by atoms with Crippen LogP contribution in [0.2, 0.25) is 0 Å². The number of para-hydroxylation sites is 1. The van der Waals surface area contributed by atoms with E-state index in [0.29, 0.717) is 18.9 Å². The summed E-state index contributed by atoms with van der Waals surface area (Å²) in [6.45, 7) is 3.11. The molecule has 0 aliphatic heterocycles. The molecule has 1 amide bonds. The highest BCUT2D eigenvalue weighted by Crippen LogP contribution is 2.44. The van der Waals surface area contributed by atoms with Crippen molar-refractivity contribution in [2.24, 2.45) is 5.41 Å². The lowest BCUT2D eigenvalue weighted by atomic mass is 10.1. The van der Waals surface area contributed by atoms with Crippen molar-refractivity contribution in [3.63, 3.8) is 0 Å². The van der Waals surface area contributed by atoms with E-state index in [1.807, 2.05) is 37.3 Å². The fourth-order valence-corrected chi connectivity index (χ4v) is 2.47. The molecule has 0 bridgehead atoms. The molecule has 3 rings (SSSR count). The van der Waals surface area contributed by atoms with Crippen LogP contribution in [0.25, 0.3) is 5.69 Å². The Balaban J connectivity index is 1.79. The van der Waals surface area contributed by atoms with Crippen molar-refractivity contribution in [3.05, 3.63) is 42.2 Å². The SMILES string of the molecule is CCCOc1cn(-c2ccccc2)nc1C(=O)NCC1(CO)CC1. The normalized spacial score (nSPS) is 15.1. The summed E-state index contributed by atoms with van der Waals surface area (Å²) in [5.41, 5.74) is 1.01. The summed E-state index contributed by atoms with van der Waals surface area (Å²) in [6, 6.07) is 9.61. The van der Waals surface area contributed by atoms with Gasteiger partial charge in [-0.2, -0.15) is 5.10 Å². The van der Waals surface area contributed by atoms with Gasteiger partial charge in [-0.1, -0.05) is 25.1 Å². The van der Waals surface area contributed by atoms with E-state index in [2.05, 4.69) is 10.4 Å². The van der Waals surface area contributed by atoms with Gasteiger partial charge in [0.25, 0.3) is 5.91 Å². The van der Waals surface area contributed by atoms with Crippen LogP contribution in [0.1, 0.15) is 36.7 Å². The Labute approximate surface area is 141 Å². The van der Waals surface area contributed by atoms with Crippen molar-refractivity contribution in [1.82, 2.24) is 15.1 Å². The molecule has 1 fully saturated rings. The zero-order valence-electron chi connectivity index (χ0n) is 13.9. The van der Waals surface area contributed by atoms with Crippen LogP contribution in [-0.2, 0) is 0 Å². The number of hydrogen-bond acceptors (Lipinski definition) is 4. The van der Waals surface area contributed by atoms with Crippen LogP contribution in [0.15, 0.2) is 36.5 Å². The number of aromatic nitrogens is 2. The fraction of sp³-hybridized carbons (Fsp3) is 0.444. The van der Waals surface area contributed by atoms with Crippen LogP contribution in [0.5, 0.6) is 5.75 Å². The molecule has 6 nitrogen and oxygen atoms in total. The number of aliphatic hydroxyl groups excluding tert-OH is 1. The van der Waals surface area contributed by atoms with Crippen molar-refractivity contribution >= 4 is 5.91 Å². The van der Waals surface area contributed by atoms with E-state index in [9.17, 15) is 9.90 Å². The van der Waals surface area contributed by atoms with Crippen molar-refractivity contribution in [3.8, 4) is 11.4 Å². The second-order valence-electron chi connectivity index (χ2n) is 6.31. The molecule has 0 radical (unpaired) electrons. The fourth-order valence-electron chi connectivity index (χ4n) is 2.47. The number of carbonyl (C=O) groups is 1. The number of amides is 1. The molecular formula is C18H23N3O3. The molecular weight excluding hydrogens is 306 g/mol. The standard InChI is InChI=1S/C18H23N3O3/c1-2-10-24-15-11-21(14-6-4-3-5-7-14)20-16(15)17(23)19-12-18(13-22)8-9-18/h3-7,11,22H,2,8-10,12-13H2,1H3,(H,19,23). The molecule has 1 heterocycles. The minimum Gasteiger partial charge on any atom is -0.489 e. The van der Waals surface area contributed by atoms with Gasteiger partial charge in [0.05, 0.1) is 25.1 Å². The van der Waals surface area contributed by atoms with Gasteiger partial charge >= 0.3 is 0 Å². The number of nitrogens with zero attached hydrogens (tertiary/aromatic N) is 2. The summed E-state index contributed by atoms with van der Waals surface area (Å²) in [6.07, 6.45) is 4.48. The van der Waals surface area contributed by atoms with Crippen molar-refractivity contribution in [2.45, 2.75) is 26.2 Å². The zero-order chi connectivity index (χ0) is 17.0. The molecule has 0 saturated heterocycles. The molecule has 1 saturated carbocycles. The number of benzene rings is 1. The Bertz CT molecular complexity index is 693. The Morgan fingerprint density at radius 3 is 2.75 bits per heavy atom. The zero-order valence-corrected chi connectivity index (χ0v) is 13.9. The maximum Gasteiger partial charge on any atom is 0.275 e. The van der Waals surface area contributed by atoms with Crippen molar-refractivity contribution in [2.75, 3.05) is 19.8 Å². The van der Waals surface area contributed by atoms with Crippen molar-refractivity contribution in [1.29, 1.82) is 0 Å². The molecule has 2 aromatic rings. The number of aliphatic hydroxyl groups is 1. The van der Waals surface area contributed by atoms with Gasteiger partial charge in [0.2, 0.25) is 0 Å². The summed E-state index contributed by atoms with van der Waals surface area (Å²) in [7, 11) is 0. The average molecular weight is 329 g/mol. The van der Waals surface area contributed by atoms with Gasteiger partial charge in [-0.3, -0.25) is 4.79 Å². The molecule has 1 aromatic carbocycles. The molecule has 24 heavy (non-hydrogen) atoms. The van der Waals surface area contributed by atoms with Crippen LogP contribution in [0, 0.1) is 5.41 Å². The molecule has 0 spiro atoms. The van der Waals surface area contributed by atoms with Gasteiger partial charge in [0, 0.05) is 12.0 Å². The lowest BCUT2D eigenvalue weighted by Crippen LogP contribution is -2.32. The van der Waals surface area contributed by atoms with E-state index in [0.717, 1.165) is 24.9 Å². The second kappa shape index (κ2) is 7.05. The Hall–Kier alpha value is -2.34. The molecule has 1 aliphatic rings. The molecule has 0 unspecified atom stereocenters. The topological polar surface area (TPSA) is 76.4 Å². The van der Waals surface area contributed by atoms with Gasteiger partial charge in [0.15, 0.2) is 11.4 Å². The van der Waals surface area contributed by atoms with Crippen LogP contribution in [-0.4, -0.2) is 40.6 Å². The molecule has 1 aromatic heterocycles. The predicted molar refractivity (Wildman–Crippen MR) is 90.4 cm³/mol. The lowest BCUT2D eigenvalue weighted by molar-refractivity contribution is 0.0926. The van der Waals surface area contributed by atoms with Gasteiger partial charge in [-0.25, -0.2) is 4.68 Å². The first-order valence-electron chi connectivity index (χ1n) is 8.34. The maximum absolute atomic E-state index is 12.5. The van der Waals surface area contributed by atoms with Gasteiger partial charge < -0.3 is 15.2 Å². The van der Waals surface area contributed by atoms with Crippen LogP contribution in [0.3, 0.4) is 0 Å². The largest absolute Gasteiger partial charge is 0.489 e. The molecule has 0 atom stereocenters. The molecule has 2 N–H and O–H groups in total. The summed E-state index contributed by atoms with van der Waals surface area (Å²) < 4.78 is 7.34. The summed E-state index contributed by atoms with van der Waals surface area (Å²) in [4.78, 5) is 12.5. The van der Waals surface area contributed by atoms with Gasteiger partial charge in [0.1, 0.15) is 0 Å². The van der Waals surface area contributed by atoms with E-state index in [4.69, 9.17) is 4.74 Å². The van der Waals surface area contributed by atoms with Gasteiger partial charge in [-0.15, -0.1) is 0 Å². The average Bonchev–Trinajstić information content (AvgIpc) is 3.29. The highest BCUT2D eigenvalue weighted by atomic mass is 16.5. The van der Waals surface area contributed by atoms with E-state index < -0.39 is 0 Å². The molecule has 6 heteroatoms. The summed E-state index contributed by atoms with van der Waals surface area (Å²) >= 11 is 0. The number of carbonyl (C=O) groups excluding carboxylic acids is 1. The maximum atomic E-state index is 12.5. The predicted octanol–water partition coefficient (Wildman–Crippen LogP) is 2.16. The number of hydrogen-bond donors (Lipinski definition) is 2. The molecule has 1 aliphatic carbocycles. The Kier molecular flexibility index (Phi) is 4.85.